The first-order chi connectivity index (χ1) is 19.8. The summed E-state index contributed by atoms with van der Waals surface area (Å²) in [6.07, 6.45) is -18.6. The van der Waals surface area contributed by atoms with Crippen LogP contribution in [-0.4, -0.2) is 118 Å². The van der Waals surface area contributed by atoms with Crippen LogP contribution in [0.5, 0.6) is 23.0 Å². The molecule has 0 unspecified atom stereocenters. The number of phenols is 4. The average molecular weight is 596 g/mol. The smallest absolute Gasteiger partial charge is 0.197 e. The lowest BCUT2D eigenvalue weighted by molar-refractivity contribution is -0.376. The van der Waals surface area contributed by atoms with Crippen LogP contribution in [0.25, 0.3) is 22.3 Å². The van der Waals surface area contributed by atoms with Crippen LogP contribution in [0, 0.1) is 0 Å². The van der Waals surface area contributed by atoms with E-state index in [0.717, 1.165) is 24.3 Å². The van der Waals surface area contributed by atoms with E-state index in [2.05, 4.69) is 0 Å². The molecule has 0 radical (unpaired) electrons. The Bertz CT molecular complexity index is 1520. The SMILES string of the molecule is O=c1cc(-c2ccc(O)c(O)c2)oc2cc(O)c([C@@H]3O[C@H](O[C@@H]4O[C@H](CO)[C@@H](O)[C@H](O)[C@H]4O)[C@@H](O)[C@H](O)[C@H]3O)c(O)c12. The van der Waals surface area contributed by atoms with E-state index < -0.39 is 107 Å². The van der Waals surface area contributed by atoms with Gasteiger partial charge in [-0.2, -0.15) is 0 Å². The molecule has 2 aromatic carbocycles. The molecule has 42 heavy (non-hydrogen) atoms. The standard InChI is InChI=1S/C26H28O16/c27-6-14-17(32)19(34)22(37)25(40-14)42-26-23(38)20(35)21(36)24(41-26)16-11(31)5-13-15(18(16)33)10(30)4-12(39-13)7-1-2-8(28)9(29)3-7/h1-5,14,17,19-29,31-38H,6H2/t14-,17-,19+,20-,21-,22-,23+,24+,25+,26-/m1/s1. The van der Waals surface area contributed by atoms with Gasteiger partial charge < -0.3 is 74.8 Å². The van der Waals surface area contributed by atoms with Crippen molar-refractivity contribution in [3.8, 4) is 34.3 Å². The topological polar surface area (TPSA) is 280 Å². The molecule has 0 saturated carbocycles. The van der Waals surface area contributed by atoms with Crippen molar-refractivity contribution < 1.29 is 74.8 Å². The van der Waals surface area contributed by atoms with Crippen molar-refractivity contribution in [1.82, 2.24) is 0 Å². The van der Waals surface area contributed by atoms with Crippen molar-refractivity contribution in [1.29, 1.82) is 0 Å². The summed E-state index contributed by atoms with van der Waals surface area (Å²) in [4.78, 5) is 13.0. The molecule has 0 bridgehead atoms. The van der Waals surface area contributed by atoms with Gasteiger partial charge in [-0.1, -0.05) is 0 Å². The summed E-state index contributed by atoms with van der Waals surface area (Å²) in [5.74, 6) is -2.73. The second-order valence-corrected chi connectivity index (χ2v) is 9.94. The first-order valence-electron chi connectivity index (χ1n) is 12.5. The molecular weight excluding hydrogens is 568 g/mol. The highest BCUT2D eigenvalue weighted by molar-refractivity contribution is 5.88. The Morgan fingerprint density at radius 3 is 2.00 bits per heavy atom. The Morgan fingerprint density at radius 2 is 1.36 bits per heavy atom. The van der Waals surface area contributed by atoms with E-state index in [9.17, 15) is 61.0 Å². The van der Waals surface area contributed by atoms with E-state index in [4.69, 9.17) is 18.6 Å². The van der Waals surface area contributed by atoms with Crippen molar-refractivity contribution in [2.24, 2.45) is 0 Å². The second kappa shape index (κ2) is 11.3. The Kier molecular flexibility index (Phi) is 8.03. The number of hydrogen-bond acceptors (Lipinski definition) is 16. The molecule has 0 amide bonds. The number of benzene rings is 2. The number of ether oxygens (including phenoxy) is 3. The summed E-state index contributed by atoms with van der Waals surface area (Å²) in [5, 5.41) is 112. The quantitative estimate of drug-likeness (QED) is 0.137. The molecule has 3 heterocycles. The second-order valence-electron chi connectivity index (χ2n) is 9.94. The van der Waals surface area contributed by atoms with Crippen LogP contribution in [0.3, 0.4) is 0 Å². The Labute approximate surface area is 234 Å². The number of fused-ring (bicyclic) bond motifs is 1. The van der Waals surface area contributed by atoms with E-state index >= 15 is 0 Å². The van der Waals surface area contributed by atoms with Gasteiger partial charge in [0, 0.05) is 17.7 Å². The summed E-state index contributed by atoms with van der Waals surface area (Å²) in [5.41, 5.74) is -1.60. The maximum absolute atomic E-state index is 13.0. The summed E-state index contributed by atoms with van der Waals surface area (Å²) < 4.78 is 21.7. The summed E-state index contributed by atoms with van der Waals surface area (Å²) in [7, 11) is 0. The van der Waals surface area contributed by atoms with Crippen molar-refractivity contribution in [3.63, 3.8) is 0 Å². The number of phenolic OH excluding ortho intramolecular Hbond substituents is 4. The van der Waals surface area contributed by atoms with Gasteiger partial charge in [-0.15, -0.1) is 0 Å². The third-order valence-electron chi connectivity index (χ3n) is 7.24. The fourth-order valence-electron chi connectivity index (χ4n) is 4.91. The predicted octanol–water partition coefficient (Wildman–Crippen LogP) is -2.42. The zero-order valence-electron chi connectivity index (χ0n) is 21.3. The third-order valence-corrected chi connectivity index (χ3v) is 7.24. The molecule has 228 valence electrons. The molecule has 16 heteroatoms. The minimum absolute atomic E-state index is 0.102. The molecule has 16 nitrogen and oxygen atoms in total. The van der Waals surface area contributed by atoms with Crippen LogP contribution in [-0.2, 0) is 14.2 Å². The highest BCUT2D eigenvalue weighted by atomic mass is 16.8. The molecule has 2 aliphatic rings. The van der Waals surface area contributed by atoms with Gasteiger partial charge in [-0.25, -0.2) is 0 Å². The fourth-order valence-corrected chi connectivity index (χ4v) is 4.91. The molecule has 1 aromatic heterocycles. The van der Waals surface area contributed by atoms with E-state index in [1.54, 1.807) is 0 Å². The molecule has 2 saturated heterocycles. The van der Waals surface area contributed by atoms with Gasteiger partial charge in [-0.05, 0) is 18.2 Å². The van der Waals surface area contributed by atoms with Gasteiger partial charge in [0.15, 0.2) is 29.5 Å². The Morgan fingerprint density at radius 1 is 0.714 bits per heavy atom. The molecule has 11 N–H and O–H groups in total. The fraction of sp³-hybridized carbons (Fsp3) is 0.423. The van der Waals surface area contributed by atoms with Crippen molar-refractivity contribution in [3.05, 3.63) is 46.1 Å². The summed E-state index contributed by atoms with van der Waals surface area (Å²) >= 11 is 0. The molecule has 5 rings (SSSR count). The van der Waals surface area contributed by atoms with E-state index in [-0.39, 0.29) is 16.9 Å². The van der Waals surface area contributed by atoms with Gasteiger partial charge in [0.1, 0.15) is 77.1 Å². The molecule has 2 aliphatic heterocycles. The molecule has 0 aliphatic carbocycles. The minimum Gasteiger partial charge on any atom is -0.507 e. The number of hydrogen-bond donors (Lipinski definition) is 11. The zero-order chi connectivity index (χ0) is 30.6. The maximum atomic E-state index is 13.0. The van der Waals surface area contributed by atoms with Crippen LogP contribution >= 0.6 is 0 Å². The zero-order valence-corrected chi connectivity index (χ0v) is 21.3. The molecule has 10 atom stereocenters. The minimum atomic E-state index is -2.05. The Hall–Kier alpha value is -3.55. The predicted molar refractivity (Wildman–Crippen MR) is 135 cm³/mol. The van der Waals surface area contributed by atoms with Crippen LogP contribution in [0.1, 0.15) is 11.7 Å². The van der Waals surface area contributed by atoms with Crippen LogP contribution < -0.4 is 5.43 Å². The third kappa shape index (κ3) is 5.03. The highest BCUT2D eigenvalue weighted by Crippen LogP contribution is 2.45. The lowest BCUT2D eigenvalue weighted by Crippen LogP contribution is -2.62. The molecule has 3 aromatic rings. The first kappa shape index (κ1) is 29.9. The largest absolute Gasteiger partial charge is 0.507 e. The van der Waals surface area contributed by atoms with Crippen LogP contribution in [0.15, 0.2) is 39.5 Å². The van der Waals surface area contributed by atoms with Gasteiger partial charge >= 0.3 is 0 Å². The number of rotatable bonds is 5. The van der Waals surface area contributed by atoms with Gasteiger partial charge in [-0.3, -0.25) is 4.79 Å². The van der Waals surface area contributed by atoms with Crippen LogP contribution in [0.2, 0.25) is 0 Å². The van der Waals surface area contributed by atoms with Crippen LogP contribution in [0.4, 0.5) is 0 Å². The van der Waals surface area contributed by atoms with Gasteiger partial charge in [0.05, 0.1) is 12.2 Å². The summed E-state index contributed by atoms with van der Waals surface area (Å²) in [6, 6.07) is 5.47. The number of aliphatic hydroxyl groups excluding tert-OH is 7. The lowest BCUT2D eigenvalue weighted by Gasteiger charge is -2.45. The Balaban J connectivity index is 1.50. The normalized spacial score (nSPS) is 33.6. The van der Waals surface area contributed by atoms with Gasteiger partial charge in [0.25, 0.3) is 0 Å². The number of aliphatic hydroxyl groups is 7. The molecule has 2 fully saturated rings. The van der Waals surface area contributed by atoms with Crippen molar-refractivity contribution in [2.45, 2.75) is 61.4 Å². The van der Waals surface area contributed by atoms with E-state index in [1.165, 1.54) is 6.07 Å². The van der Waals surface area contributed by atoms with E-state index in [1.807, 2.05) is 0 Å². The lowest BCUT2D eigenvalue weighted by atomic mass is 9.91. The average Bonchev–Trinajstić information content (AvgIpc) is 2.95. The van der Waals surface area contributed by atoms with Gasteiger partial charge in [0.2, 0.25) is 0 Å². The van der Waals surface area contributed by atoms with Crippen molar-refractivity contribution >= 4 is 11.0 Å². The highest BCUT2D eigenvalue weighted by Gasteiger charge is 2.51. The maximum Gasteiger partial charge on any atom is 0.197 e. The monoisotopic (exact) mass is 596 g/mol. The van der Waals surface area contributed by atoms with Crippen molar-refractivity contribution in [2.75, 3.05) is 6.61 Å². The molecular formula is C26H28O16. The number of aromatic hydroxyl groups is 4. The van der Waals surface area contributed by atoms with E-state index in [0.29, 0.717) is 0 Å². The first-order valence-corrected chi connectivity index (χ1v) is 12.5. The molecule has 0 spiro atoms. The summed E-state index contributed by atoms with van der Waals surface area (Å²) in [6.45, 7) is -0.792.